The molecule has 0 saturated carbocycles. The number of benzene rings is 1. The normalized spacial score (nSPS) is 12.5. The molecule has 1 heterocycles. The lowest BCUT2D eigenvalue weighted by atomic mass is 10.2. The minimum Gasteiger partial charge on any atom is -0.372 e. The Balaban J connectivity index is 1.76. The van der Waals surface area contributed by atoms with Crippen LogP contribution in [0.4, 0.5) is 5.69 Å². The van der Waals surface area contributed by atoms with Crippen molar-refractivity contribution < 1.29 is 13.2 Å². The summed E-state index contributed by atoms with van der Waals surface area (Å²) in [6.07, 6.45) is 0.777. The van der Waals surface area contributed by atoms with Gasteiger partial charge >= 0.3 is 0 Å². The van der Waals surface area contributed by atoms with Crippen molar-refractivity contribution in [2.24, 2.45) is 0 Å². The summed E-state index contributed by atoms with van der Waals surface area (Å²) in [6, 6.07) is 12.5. The van der Waals surface area contributed by atoms with Crippen LogP contribution < -0.4 is 14.9 Å². The third-order valence-corrected chi connectivity index (χ3v) is 6.83. The summed E-state index contributed by atoms with van der Waals surface area (Å²) in [4.78, 5) is 14.4. The lowest BCUT2D eigenvalue weighted by Gasteiger charge is -2.23. The summed E-state index contributed by atoms with van der Waals surface area (Å²) in [5.41, 5.74) is 1.15. The molecule has 6 nitrogen and oxygen atoms in total. The highest BCUT2D eigenvalue weighted by atomic mass is 32.2. The Morgan fingerprint density at radius 3 is 2.54 bits per heavy atom. The summed E-state index contributed by atoms with van der Waals surface area (Å²) in [7, 11) is -3.65. The van der Waals surface area contributed by atoms with Gasteiger partial charge in [-0.1, -0.05) is 24.3 Å². The van der Waals surface area contributed by atoms with Crippen molar-refractivity contribution in [1.82, 2.24) is 10.0 Å². The molecule has 1 aromatic heterocycles. The maximum atomic E-state index is 12.1. The second kappa shape index (κ2) is 9.70. The largest absolute Gasteiger partial charge is 0.372 e. The van der Waals surface area contributed by atoms with Crippen LogP contribution in [-0.2, 0) is 14.8 Å². The highest BCUT2D eigenvalue weighted by molar-refractivity contribution is 7.91. The first-order valence-electron chi connectivity index (χ1n) is 8.57. The maximum absolute atomic E-state index is 12.1. The molecule has 0 radical (unpaired) electrons. The van der Waals surface area contributed by atoms with Gasteiger partial charge in [-0.15, -0.1) is 11.3 Å². The van der Waals surface area contributed by atoms with E-state index in [0.29, 0.717) is 6.54 Å². The molecule has 0 aliphatic carbocycles. The molecule has 0 aliphatic rings. The first-order valence-corrected chi connectivity index (χ1v) is 10.9. The zero-order chi connectivity index (χ0) is 19.0. The Hall–Kier alpha value is -1.90. The molecule has 0 bridgehead atoms. The summed E-state index contributed by atoms with van der Waals surface area (Å²) in [5, 5.41) is 4.48. The Morgan fingerprint density at radius 2 is 1.92 bits per heavy atom. The fourth-order valence-electron chi connectivity index (χ4n) is 2.50. The molecule has 0 aliphatic heterocycles. The van der Waals surface area contributed by atoms with Crippen molar-refractivity contribution in [3.63, 3.8) is 0 Å². The van der Waals surface area contributed by atoms with Crippen LogP contribution in [0.15, 0.2) is 52.1 Å². The van der Waals surface area contributed by atoms with Crippen LogP contribution in [0.25, 0.3) is 0 Å². The summed E-state index contributed by atoms with van der Waals surface area (Å²) < 4.78 is 26.9. The van der Waals surface area contributed by atoms with Crippen LogP contribution in [0.3, 0.4) is 0 Å². The number of sulfonamides is 1. The monoisotopic (exact) mass is 395 g/mol. The third-order valence-electron chi connectivity index (χ3n) is 3.89. The van der Waals surface area contributed by atoms with Crippen molar-refractivity contribution in [3.05, 3.63) is 47.8 Å². The van der Waals surface area contributed by atoms with E-state index in [2.05, 4.69) is 34.0 Å². The van der Waals surface area contributed by atoms with Gasteiger partial charge in [-0.3, -0.25) is 4.79 Å². The number of hydrogen-bond acceptors (Lipinski definition) is 5. The van der Waals surface area contributed by atoms with E-state index in [9.17, 15) is 13.2 Å². The number of nitrogens with zero attached hydrogens (tertiary/aromatic N) is 1. The molecule has 2 N–H and O–H groups in total. The molecule has 8 heteroatoms. The van der Waals surface area contributed by atoms with Crippen molar-refractivity contribution in [2.75, 3.05) is 24.5 Å². The van der Waals surface area contributed by atoms with Gasteiger partial charge in [0.15, 0.2) is 0 Å². The van der Waals surface area contributed by atoms with Crippen molar-refractivity contribution in [3.8, 4) is 0 Å². The van der Waals surface area contributed by atoms with Gasteiger partial charge in [0.05, 0.1) is 6.04 Å². The number of nitrogens with one attached hydrogen (secondary N) is 2. The van der Waals surface area contributed by atoms with Gasteiger partial charge in [-0.25, -0.2) is 8.42 Å². The Bertz CT molecular complexity index is 777. The van der Waals surface area contributed by atoms with Gasteiger partial charge in [-0.05, 0) is 43.8 Å². The number of hydrogen-bond donors (Lipinski definition) is 2. The van der Waals surface area contributed by atoms with Crippen molar-refractivity contribution >= 4 is 33.0 Å². The number of para-hydroxylation sites is 1. The quantitative estimate of drug-likeness (QED) is 0.606. The van der Waals surface area contributed by atoms with E-state index in [0.717, 1.165) is 36.5 Å². The van der Waals surface area contributed by atoms with Gasteiger partial charge in [0.2, 0.25) is 5.91 Å². The number of carbonyl (C=O) groups is 1. The van der Waals surface area contributed by atoms with E-state index in [1.54, 1.807) is 18.4 Å². The minimum absolute atomic E-state index is 0.207. The Kier molecular flexibility index (Phi) is 7.62. The maximum Gasteiger partial charge on any atom is 0.250 e. The smallest absolute Gasteiger partial charge is 0.250 e. The van der Waals surface area contributed by atoms with Crippen LogP contribution in [-0.4, -0.2) is 40.0 Å². The van der Waals surface area contributed by atoms with Gasteiger partial charge in [0.25, 0.3) is 10.0 Å². The molecule has 2 rings (SSSR count). The fourth-order valence-corrected chi connectivity index (χ4v) is 4.72. The lowest BCUT2D eigenvalue weighted by molar-refractivity contribution is -0.122. The SMILES string of the molecule is CCN(CCCNC(=O)C(C)NS(=O)(=O)c1cccs1)c1ccccc1. The number of anilines is 1. The predicted octanol–water partition coefficient (Wildman–Crippen LogP) is 2.45. The molecule has 0 saturated heterocycles. The molecule has 1 amide bonds. The zero-order valence-electron chi connectivity index (χ0n) is 15.0. The van der Waals surface area contributed by atoms with E-state index >= 15 is 0 Å². The Morgan fingerprint density at radius 1 is 1.19 bits per heavy atom. The van der Waals surface area contributed by atoms with Crippen molar-refractivity contribution in [2.45, 2.75) is 30.5 Å². The average molecular weight is 396 g/mol. The molecule has 0 spiro atoms. The summed E-state index contributed by atoms with van der Waals surface area (Å²) >= 11 is 1.12. The van der Waals surface area contributed by atoms with E-state index in [4.69, 9.17) is 0 Å². The topological polar surface area (TPSA) is 78.5 Å². The van der Waals surface area contributed by atoms with Crippen LogP contribution in [0.1, 0.15) is 20.3 Å². The zero-order valence-corrected chi connectivity index (χ0v) is 16.6. The number of thiophene rings is 1. The molecular formula is C18H25N3O3S2. The highest BCUT2D eigenvalue weighted by Crippen LogP contribution is 2.16. The predicted molar refractivity (Wildman–Crippen MR) is 106 cm³/mol. The molecule has 0 fully saturated rings. The van der Waals surface area contributed by atoms with E-state index in [1.165, 1.54) is 6.07 Å². The summed E-state index contributed by atoms with van der Waals surface area (Å²) in [5.74, 6) is -0.326. The van der Waals surface area contributed by atoms with Gasteiger partial charge in [0, 0.05) is 25.3 Å². The number of rotatable bonds is 10. The second-order valence-corrected chi connectivity index (χ2v) is 8.72. The average Bonchev–Trinajstić information content (AvgIpc) is 3.17. The fraction of sp³-hybridized carbons (Fsp3) is 0.389. The minimum atomic E-state index is -3.65. The molecule has 26 heavy (non-hydrogen) atoms. The Labute approximate surface area is 159 Å². The number of carbonyl (C=O) groups excluding carboxylic acids is 1. The summed E-state index contributed by atoms with van der Waals surface area (Å²) in [6.45, 7) is 5.83. The van der Waals surface area contributed by atoms with E-state index in [-0.39, 0.29) is 10.1 Å². The van der Waals surface area contributed by atoms with Crippen LogP contribution in [0, 0.1) is 0 Å². The van der Waals surface area contributed by atoms with E-state index < -0.39 is 16.1 Å². The first-order chi connectivity index (χ1) is 12.4. The van der Waals surface area contributed by atoms with Crippen LogP contribution in [0.5, 0.6) is 0 Å². The second-order valence-electron chi connectivity index (χ2n) is 5.83. The standard InChI is InChI=1S/C18H25N3O3S2/c1-3-21(16-9-5-4-6-10-16)13-8-12-19-18(22)15(2)20-26(23,24)17-11-7-14-25-17/h4-7,9-11,14-15,20H,3,8,12-13H2,1-2H3,(H,19,22). The molecule has 142 valence electrons. The molecule has 1 unspecified atom stereocenters. The number of amides is 1. The van der Waals surface area contributed by atoms with Gasteiger partial charge < -0.3 is 10.2 Å². The lowest BCUT2D eigenvalue weighted by Crippen LogP contribution is -2.45. The first kappa shape index (κ1) is 20.4. The van der Waals surface area contributed by atoms with Crippen molar-refractivity contribution in [1.29, 1.82) is 0 Å². The van der Waals surface area contributed by atoms with Gasteiger partial charge in [0.1, 0.15) is 4.21 Å². The van der Waals surface area contributed by atoms with E-state index in [1.807, 2.05) is 18.2 Å². The molecule has 2 aromatic rings. The molecule has 1 aromatic carbocycles. The molecular weight excluding hydrogens is 370 g/mol. The molecule has 1 atom stereocenters. The van der Waals surface area contributed by atoms with Gasteiger partial charge in [-0.2, -0.15) is 4.72 Å². The third kappa shape index (κ3) is 5.82. The highest BCUT2D eigenvalue weighted by Gasteiger charge is 2.22. The van der Waals surface area contributed by atoms with Crippen LogP contribution >= 0.6 is 11.3 Å². The van der Waals surface area contributed by atoms with Crippen LogP contribution in [0.2, 0.25) is 0 Å².